The van der Waals surface area contributed by atoms with Crippen LogP contribution in [0.15, 0.2) is 59.8 Å². The predicted molar refractivity (Wildman–Crippen MR) is 149 cm³/mol. The zero-order valence-corrected chi connectivity index (χ0v) is 22.9. The Labute approximate surface area is 226 Å². The number of nitrogens with one attached hydrogen (secondary N) is 1. The van der Waals surface area contributed by atoms with E-state index in [2.05, 4.69) is 5.32 Å². The molecule has 200 valence electrons. The maximum Gasteiger partial charge on any atom is 0.337 e. The fraction of sp³-hybridized carbons (Fsp3) is 0.276. The zero-order valence-electron chi connectivity index (χ0n) is 22.1. The van der Waals surface area contributed by atoms with Crippen LogP contribution in [0.5, 0.6) is 0 Å². The summed E-state index contributed by atoms with van der Waals surface area (Å²) in [4.78, 5) is 38.7. The van der Waals surface area contributed by atoms with Crippen LogP contribution in [0.25, 0.3) is 0 Å². The molecule has 38 heavy (non-hydrogen) atoms. The normalized spacial score (nSPS) is 14.0. The molecule has 1 aliphatic heterocycles. The number of fused-ring (bicyclic) bond motifs is 1. The molecule has 0 saturated carbocycles. The van der Waals surface area contributed by atoms with Crippen LogP contribution < -0.4 is 11.1 Å². The summed E-state index contributed by atoms with van der Waals surface area (Å²) in [6.45, 7) is 7.64. The van der Waals surface area contributed by atoms with E-state index in [1.807, 2.05) is 19.1 Å². The Morgan fingerprint density at radius 3 is 2.11 bits per heavy atom. The molecule has 0 radical (unpaired) electrons. The minimum Gasteiger partial charge on any atom is -0.465 e. The number of aliphatic hydroxyl groups excluding tert-OH is 1. The first-order valence-corrected chi connectivity index (χ1v) is 13.0. The number of nitrogen functional groups attached to an aromatic ring is 1. The minimum atomic E-state index is -0.576. The van der Waals surface area contributed by atoms with Crippen molar-refractivity contribution in [2.24, 2.45) is 0 Å². The van der Waals surface area contributed by atoms with Crippen molar-refractivity contribution in [3.05, 3.63) is 92.5 Å². The molecule has 0 aliphatic carbocycles. The third kappa shape index (κ3) is 5.79. The van der Waals surface area contributed by atoms with Gasteiger partial charge in [0, 0.05) is 29.3 Å². The Balaban J connectivity index is 0.00000127. The molecule has 3 aromatic rings. The molecule has 0 spiro atoms. The molecule has 1 aliphatic rings. The molecular formula is C29H32N2O6S. The summed E-state index contributed by atoms with van der Waals surface area (Å²) in [6.07, 6.45) is 0. The van der Waals surface area contributed by atoms with Crippen LogP contribution in [0.3, 0.4) is 0 Å². The van der Waals surface area contributed by atoms with Crippen molar-refractivity contribution in [2.75, 3.05) is 31.4 Å². The van der Waals surface area contributed by atoms with Crippen LogP contribution in [-0.2, 0) is 14.3 Å². The smallest absolute Gasteiger partial charge is 0.337 e. The molecule has 4 N–H and O–H groups in total. The van der Waals surface area contributed by atoms with Gasteiger partial charge in [0.05, 0.1) is 35.5 Å². The highest BCUT2D eigenvalue weighted by Crippen LogP contribution is 2.50. The van der Waals surface area contributed by atoms with E-state index in [0.717, 1.165) is 11.1 Å². The lowest BCUT2D eigenvalue weighted by Crippen LogP contribution is -2.24. The number of carbonyl (C=O) groups is 3. The van der Waals surface area contributed by atoms with Gasteiger partial charge < -0.3 is 25.6 Å². The van der Waals surface area contributed by atoms with Gasteiger partial charge in [-0.2, -0.15) is 0 Å². The van der Waals surface area contributed by atoms with E-state index in [1.165, 1.54) is 18.4 Å². The molecule has 1 unspecified atom stereocenters. The van der Waals surface area contributed by atoms with Gasteiger partial charge in [-0.05, 0) is 45.4 Å². The van der Waals surface area contributed by atoms with E-state index >= 15 is 0 Å². The number of allylic oxidation sites excluding steroid dienone is 1. The van der Waals surface area contributed by atoms with Crippen molar-refractivity contribution in [3.8, 4) is 0 Å². The van der Waals surface area contributed by atoms with Crippen LogP contribution in [-0.4, -0.2) is 43.2 Å². The number of hydrogen-bond acceptors (Lipinski definition) is 9. The second kappa shape index (κ2) is 12.5. The average molecular weight is 537 g/mol. The summed E-state index contributed by atoms with van der Waals surface area (Å²) in [5.41, 5.74) is 11.3. The molecule has 0 saturated heterocycles. The number of hydrogen-bond donors (Lipinski definition) is 3. The van der Waals surface area contributed by atoms with Gasteiger partial charge in [0.2, 0.25) is 5.78 Å². The number of thiophene rings is 1. The number of methoxy groups -OCH3 is 1. The topological polar surface area (TPSA) is 128 Å². The molecule has 1 aromatic heterocycles. The highest BCUT2D eigenvalue weighted by molar-refractivity contribution is 7.19. The van der Waals surface area contributed by atoms with Crippen LogP contribution in [0.2, 0.25) is 0 Å². The predicted octanol–water partition coefficient (Wildman–Crippen LogP) is 5.05. The fourth-order valence-electron chi connectivity index (χ4n) is 4.18. The Morgan fingerprint density at radius 1 is 0.974 bits per heavy atom. The van der Waals surface area contributed by atoms with Gasteiger partial charge in [-0.1, -0.05) is 42.0 Å². The van der Waals surface area contributed by atoms with Gasteiger partial charge in [0.1, 0.15) is 4.88 Å². The van der Waals surface area contributed by atoms with Crippen LogP contribution in [0, 0.1) is 6.92 Å². The SMILES string of the molecule is CCO.CCOC(=O)C1=C(C)Nc2sc(C(=O)c3ccc(C)cc3)c(N)c2C1c1ccc(C(=O)OC)cc1. The first kappa shape index (κ1) is 28.6. The highest BCUT2D eigenvalue weighted by atomic mass is 32.1. The molecule has 0 amide bonds. The highest BCUT2D eigenvalue weighted by Gasteiger charge is 2.38. The minimum absolute atomic E-state index is 0.182. The largest absolute Gasteiger partial charge is 0.465 e. The number of carbonyl (C=O) groups excluding carboxylic acids is 3. The number of nitrogens with two attached hydrogens (primary N) is 1. The van der Waals surface area contributed by atoms with E-state index in [9.17, 15) is 14.4 Å². The summed E-state index contributed by atoms with van der Waals surface area (Å²) < 4.78 is 10.2. The molecule has 8 nitrogen and oxygen atoms in total. The van der Waals surface area contributed by atoms with Crippen LogP contribution in [0.1, 0.15) is 69.0 Å². The quantitative estimate of drug-likeness (QED) is 0.295. The van der Waals surface area contributed by atoms with Gasteiger partial charge >= 0.3 is 11.9 Å². The summed E-state index contributed by atoms with van der Waals surface area (Å²) in [5.74, 6) is -1.69. The molecule has 1 atom stereocenters. The average Bonchev–Trinajstić information content (AvgIpc) is 3.23. The maximum absolute atomic E-state index is 13.3. The number of aliphatic hydroxyl groups is 1. The summed E-state index contributed by atoms with van der Waals surface area (Å²) in [7, 11) is 1.32. The van der Waals surface area contributed by atoms with Crippen molar-refractivity contribution >= 4 is 39.7 Å². The van der Waals surface area contributed by atoms with E-state index in [4.69, 9.17) is 20.3 Å². The second-order valence-corrected chi connectivity index (χ2v) is 9.55. The van der Waals surface area contributed by atoms with Crippen molar-refractivity contribution in [2.45, 2.75) is 33.6 Å². The molecule has 9 heteroatoms. The lowest BCUT2D eigenvalue weighted by atomic mass is 9.81. The Hall–Kier alpha value is -3.95. The first-order valence-electron chi connectivity index (χ1n) is 12.2. The summed E-state index contributed by atoms with van der Waals surface area (Å²) in [6, 6.07) is 14.1. The van der Waals surface area contributed by atoms with Gasteiger partial charge in [0.25, 0.3) is 0 Å². The number of ketones is 1. The van der Waals surface area contributed by atoms with E-state index in [1.54, 1.807) is 57.2 Å². The Morgan fingerprint density at radius 2 is 1.55 bits per heavy atom. The molecule has 0 bridgehead atoms. The number of anilines is 2. The number of esters is 2. The van der Waals surface area contributed by atoms with Crippen molar-refractivity contribution in [1.29, 1.82) is 0 Å². The Bertz CT molecular complexity index is 1360. The van der Waals surface area contributed by atoms with Gasteiger partial charge in [-0.15, -0.1) is 11.3 Å². The van der Waals surface area contributed by atoms with Crippen LogP contribution in [0.4, 0.5) is 10.7 Å². The molecular weight excluding hydrogens is 504 g/mol. The number of aryl methyl sites for hydroxylation is 1. The van der Waals surface area contributed by atoms with Gasteiger partial charge in [0.15, 0.2) is 0 Å². The van der Waals surface area contributed by atoms with Crippen molar-refractivity contribution < 1.29 is 29.0 Å². The summed E-state index contributed by atoms with van der Waals surface area (Å²) >= 11 is 1.26. The van der Waals surface area contributed by atoms with Gasteiger partial charge in [-0.25, -0.2) is 9.59 Å². The summed E-state index contributed by atoms with van der Waals surface area (Å²) in [5, 5.41) is 11.5. The van der Waals surface area contributed by atoms with Crippen molar-refractivity contribution in [3.63, 3.8) is 0 Å². The van der Waals surface area contributed by atoms with E-state index < -0.39 is 17.9 Å². The van der Waals surface area contributed by atoms with Crippen molar-refractivity contribution in [1.82, 2.24) is 0 Å². The van der Waals surface area contributed by atoms with E-state index in [-0.39, 0.29) is 19.0 Å². The molecule has 4 rings (SSSR count). The second-order valence-electron chi connectivity index (χ2n) is 8.53. The third-order valence-electron chi connectivity index (χ3n) is 5.95. The lowest BCUT2D eigenvalue weighted by Gasteiger charge is -2.28. The number of ether oxygens (including phenoxy) is 2. The van der Waals surface area contributed by atoms with Crippen LogP contribution >= 0.6 is 11.3 Å². The monoisotopic (exact) mass is 536 g/mol. The fourth-order valence-corrected chi connectivity index (χ4v) is 5.36. The lowest BCUT2D eigenvalue weighted by molar-refractivity contribution is -0.138. The third-order valence-corrected chi connectivity index (χ3v) is 7.08. The van der Waals surface area contributed by atoms with Gasteiger partial charge in [-0.3, -0.25) is 4.79 Å². The Kier molecular flexibility index (Phi) is 9.44. The number of benzene rings is 2. The molecule has 0 fully saturated rings. The molecule has 2 aromatic carbocycles. The molecule has 2 heterocycles. The first-order chi connectivity index (χ1) is 18.2. The zero-order chi connectivity index (χ0) is 28.0. The standard InChI is InChI=1S/C27H26N2O5S.C2H6O/c1-5-34-27(32)19-15(3)29-25-21(20(19)16-10-12-18(13-11-16)26(31)33-4)22(28)24(35-25)23(30)17-8-6-14(2)7-9-17;1-2-3/h6-13,20,29H,5,28H2,1-4H3;3H,2H2,1H3. The number of rotatable bonds is 6. The van der Waals surface area contributed by atoms with E-state index in [0.29, 0.717) is 43.5 Å². The maximum atomic E-state index is 13.3.